The molecule has 138 valence electrons. The van der Waals surface area contributed by atoms with Crippen molar-refractivity contribution >= 4 is 11.8 Å². The third-order valence-corrected chi connectivity index (χ3v) is 4.25. The van der Waals surface area contributed by atoms with Gasteiger partial charge in [0.15, 0.2) is 0 Å². The topological polar surface area (TPSA) is 63.2 Å². The molecule has 2 heterocycles. The van der Waals surface area contributed by atoms with Gasteiger partial charge in [0, 0.05) is 18.5 Å². The number of fused-ring (bicyclic) bond motifs is 1. The number of carbonyl (C=O) groups is 1. The Morgan fingerprint density at radius 3 is 2.77 bits per heavy atom. The van der Waals surface area contributed by atoms with Crippen molar-refractivity contribution in [3.05, 3.63) is 59.7 Å². The first kappa shape index (κ1) is 18.2. The molecule has 26 heavy (non-hydrogen) atoms. The molecule has 1 aromatic heterocycles. The van der Waals surface area contributed by atoms with Crippen molar-refractivity contribution in [3.63, 3.8) is 0 Å². The van der Waals surface area contributed by atoms with Crippen LogP contribution in [0, 0.1) is 11.7 Å². The Morgan fingerprint density at radius 1 is 1.35 bits per heavy atom. The fraction of sp³-hybridized carbons (Fsp3) is 0.400. The highest BCUT2D eigenvalue weighted by atomic mass is 19.1. The predicted octanol–water partition coefficient (Wildman–Crippen LogP) is 4.07. The first-order valence-corrected chi connectivity index (χ1v) is 8.74. The number of amides is 1. The van der Waals surface area contributed by atoms with Gasteiger partial charge in [-0.15, -0.1) is 0 Å². The van der Waals surface area contributed by atoms with E-state index < -0.39 is 11.7 Å². The number of hydrogen-bond donors (Lipinski definition) is 2. The minimum absolute atomic E-state index is 0.0652. The average Bonchev–Trinajstić information content (AvgIpc) is 2.58. The number of anilines is 1. The molecule has 3 rings (SSSR count). The highest BCUT2D eigenvalue weighted by molar-refractivity contribution is 5.68. The van der Waals surface area contributed by atoms with Crippen LogP contribution < -0.4 is 10.6 Å². The van der Waals surface area contributed by atoms with Crippen LogP contribution in [0.15, 0.2) is 42.6 Å². The smallest absolute Gasteiger partial charge is 0.408 e. The third kappa shape index (κ3) is 4.50. The van der Waals surface area contributed by atoms with Gasteiger partial charge < -0.3 is 15.4 Å². The second kappa shape index (κ2) is 7.32. The molecule has 0 saturated carbocycles. The molecule has 1 aromatic carbocycles. The number of aromatic nitrogens is 1. The van der Waals surface area contributed by atoms with Gasteiger partial charge in [0.1, 0.15) is 11.4 Å². The number of benzene rings is 1. The van der Waals surface area contributed by atoms with Crippen LogP contribution in [0.5, 0.6) is 0 Å². The Labute approximate surface area is 153 Å². The lowest BCUT2D eigenvalue weighted by atomic mass is 9.86. The second-order valence-electron chi connectivity index (χ2n) is 7.53. The highest BCUT2D eigenvalue weighted by Gasteiger charge is 2.31. The highest BCUT2D eigenvalue weighted by Crippen LogP contribution is 2.31. The maximum absolute atomic E-state index is 13.4. The number of pyridine rings is 1. The van der Waals surface area contributed by atoms with E-state index in [4.69, 9.17) is 4.74 Å². The van der Waals surface area contributed by atoms with Crippen molar-refractivity contribution < 1.29 is 13.9 Å². The zero-order valence-corrected chi connectivity index (χ0v) is 15.3. The molecule has 0 fully saturated rings. The Morgan fingerprint density at radius 2 is 2.08 bits per heavy atom. The van der Waals surface area contributed by atoms with Crippen LogP contribution in [0.4, 0.5) is 14.9 Å². The van der Waals surface area contributed by atoms with Crippen LogP contribution in [0.25, 0.3) is 0 Å². The van der Waals surface area contributed by atoms with Gasteiger partial charge in [0.2, 0.25) is 0 Å². The van der Waals surface area contributed by atoms with Crippen molar-refractivity contribution in [2.45, 2.75) is 38.8 Å². The van der Waals surface area contributed by atoms with E-state index in [1.165, 1.54) is 12.3 Å². The Hall–Kier alpha value is -2.63. The van der Waals surface area contributed by atoms with E-state index in [9.17, 15) is 9.18 Å². The van der Waals surface area contributed by atoms with Crippen molar-refractivity contribution in [1.29, 1.82) is 0 Å². The standard InChI is InChI=1S/C20H24FN3O2/c1-20(2,3)26-19(25)24-18(13-7-5-4-6-8-13)14-9-16-17(22-11-14)10-15(21)12-23-16/h4-8,10,12,14,18,22H,9,11H2,1-3H3,(H,24,25)/t14-,18+/m0/s1. The van der Waals surface area contributed by atoms with Crippen molar-refractivity contribution in [3.8, 4) is 0 Å². The summed E-state index contributed by atoms with van der Waals surface area (Å²) in [7, 11) is 0. The first-order chi connectivity index (χ1) is 12.3. The summed E-state index contributed by atoms with van der Waals surface area (Å²) in [6.45, 7) is 6.11. The second-order valence-corrected chi connectivity index (χ2v) is 7.53. The number of ether oxygens (including phenoxy) is 1. The van der Waals surface area contributed by atoms with Crippen LogP contribution in [0.1, 0.15) is 38.1 Å². The Balaban J connectivity index is 1.82. The summed E-state index contributed by atoms with van der Waals surface area (Å²) in [4.78, 5) is 16.6. The van der Waals surface area contributed by atoms with Gasteiger partial charge >= 0.3 is 6.09 Å². The molecule has 0 saturated heterocycles. The number of halogens is 1. The SMILES string of the molecule is CC(C)(C)OC(=O)N[C@H](c1ccccc1)[C@@H]1CNc2cc(F)cnc2C1. The van der Waals surface area contributed by atoms with Gasteiger partial charge in [-0.05, 0) is 32.8 Å². The summed E-state index contributed by atoms with van der Waals surface area (Å²) in [5.41, 5.74) is 1.94. The van der Waals surface area contributed by atoms with Gasteiger partial charge in [0.05, 0.1) is 23.6 Å². The molecule has 0 spiro atoms. The molecule has 2 atom stereocenters. The maximum Gasteiger partial charge on any atom is 0.408 e. The van der Waals surface area contributed by atoms with Crippen LogP contribution in [-0.2, 0) is 11.2 Å². The summed E-state index contributed by atoms with van der Waals surface area (Å²) in [5.74, 6) is -0.295. The normalized spacial score (nSPS) is 17.6. The van der Waals surface area contributed by atoms with Crippen molar-refractivity contribution in [1.82, 2.24) is 10.3 Å². The Kier molecular flexibility index (Phi) is 5.11. The van der Waals surface area contributed by atoms with E-state index >= 15 is 0 Å². The van der Waals surface area contributed by atoms with Crippen LogP contribution in [0.2, 0.25) is 0 Å². The number of alkyl carbamates (subject to hydrolysis) is 1. The fourth-order valence-corrected chi connectivity index (χ4v) is 3.15. The lowest BCUT2D eigenvalue weighted by molar-refractivity contribution is 0.0485. The summed E-state index contributed by atoms with van der Waals surface area (Å²) < 4.78 is 18.8. The predicted molar refractivity (Wildman–Crippen MR) is 98.4 cm³/mol. The van der Waals surface area contributed by atoms with E-state index in [1.807, 2.05) is 51.1 Å². The molecule has 1 amide bonds. The van der Waals surface area contributed by atoms with Crippen LogP contribution in [-0.4, -0.2) is 23.2 Å². The van der Waals surface area contributed by atoms with Crippen molar-refractivity contribution in [2.24, 2.45) is 5.92 Å². The largest absolute Gasteiger partial charge is 0.444 e. The van der Waals surface area contributed by atoms with E-state index in [-0.39, 0.29) is 17.8 Å². The third-order valence-electron chi connectivity index (χ3n) is 4.25. The molecular weight excluding hydrogens is 333 g/mol. The Bertz CT molecular complexity index is 774. The minimum atomic E-state index is -0.568. The number of hydrogen-bond acceptors (Lipinski definition) is 4. The van der Waals surface area contributed by atoms with Gasteiger partial charge in [-0.1, -0.05) is 30.3 Å². The van der Waals surface area contributed by atoms with Crippen LogP contribution in [0.3, 0.4) is 0 Å². The van der Waals surface area contributed by atoms with Gasteiger partial charge in [-0.3, -0.25) is 4.98 Å². The first-order valence-electron chi connectivity index (χ1n) is 8.74. The zero-order valence-electron chi connectivity index (χ0n) is 15.3. The molecule has 0 radical (unpaired) electrons. The van der Waals surface area contributed by atoms with Gasteiger partial charge in [-0.2, -0.15) is 0 Å². The molecular formula is C20H24FN3O2. The van der Waals surface area contributed by atoms with E-state index in [1.54, 1.807) is 0 Å². The zero-order chi connectivity index (χ0) is 18.7. The number of carbonyl (C=O) groups excluding carboxylic acids is 1. The molecule has 2 N–H and O–H groups in total. The fourth-order valence-electron chi connectivity index (χ4n) is 3.15. The maximum atomic E-state index is 13.4. The van der Waals surface area contributed by atoms with Crippen LogP contribution >= 0.6 is 0 Å². The molecule has 2 aromatic rings. The summed E-state index contributed by atoms with van der Waals surface area (Å²) in [6, 6.07) is 11.0. The van der Waals surface area contributed by atoms with Gasteiger partial charge in [-0.25, -0.2) is 9.18 Å². The number of nitrogens with one attached hydrogen (secondary N) is 2. The van der Waals surface area contributed by atoms with E-state index in [0.717, 1.165) is 11.3 Å². The minimum Gasteiger partial charge on any atom is -0.444 e. The number of nitrogens with zero attached hydrogens (tertiary/aromatic N) is 1. The van der Waals surface area contributed by atoms with Gasteiger partial charge in [0.25, 0.3) is 0 Å². The van der Waals surface area contributed by atoms with E-state index in [0.29, 0.717) is 18.7 Å². The van der Waals surface area contributed by atoms with Crippen molar-refractivity contribution in [2.75, 3.05) is 11.9 Å². The number of rotatable bonds is 3. The summed E-state index contributed by atoms with van der Waals surface area (Å²) in [6.07, 6.45) is 1.41. The lowest BCUT2D eigenvalue weighted by Crippen LogP contribution is -2.41. The molecule has 0 unspecified atom stereocenters. The molecule has 5 nitrogen and oxygen atoms in total. The molecule has 6 heteroatoms. The lowest BCUT2D eigenvalue weighted by Gasteiger charge is -2.33. The average molecular weight is 357 g/mol. The molecule has 0 aliphatic carbocycles. The summed E-state index contributed by atoms with van der Waals surface area (Å²) in [5, 5.41) is 6.23. The molecule has 1 aliphatic heterocycles. The van der Waals surface area contributed by atoms with E-state index in [2.05, 4.69) is 15.6 Å². The molecule has 1 aliphatic rings. The monoisotopic (exact) mass is 357 g/mol. The molecule has 0 bridgehead atoms. The summed E-state index contributed by atoms with van der Waals surface area (Å²) >= 11 is 0. The quantitative estimate of drug-likeness (QED) is 0.869.